The summed E-state index contributed by atoms with van der Waals surface area (Å²) in [6.45, 7) is -2.98. The van der Waals surface area contributed by atoms with Crippen molar-refractivity contribution in [3.63, 3.8) is 0 Å². The Morgan fingerprint density at radius 1 is 1.19 bits per heavy atom. The lowest BCUT2D eigenvalue weighted by Gasteiger charge is -2.14. The van der Waals surface area contributed by atoms with E-state index in [1.54, 1.807) is 0 Å². The van der Waals surface area contributed by atoms with Gasteiger partial charge in [-0.2, -0.15) is 8.78 Å². The summed E-state index contributed by atoms with van der Waals surface area (Å²) < 4.78 is 42.8. The van der Waals surface area contributed by atoms with Crippen molar-refractivity contribution in [2.45, 2.75) is 12.7 Å². The Labute approximate surface area is 132 Å². The highest BCUT2D eigenvalue weighted by Crippen LogP contribution is 2.32. The van der Waals surface area contributed by atoms with Crippen LogP contribution in [0.1, 0.15) is 17.2 Å². The van der Waals surface area contributed by atoms with Crippen molar-refractivity contribution >= 4 is 27.5 Å². The zero-order valence-corrected chi connectivity index (χ0v) is 12.7. The van der Waals surface area contributed by atoms with E-state index in [9.17, 15) is 18.3 Å². The number of aliphatic hydroxyl groups is 1. The highest BCUT2D eigenvalue weighted by molar-refractivity contribution is 9.10. The van der Waals surface area contributed by atoms with E-state index in [1.165, 1.54) is 30.3 Å². The molecular formula is C14H9BrClF3O2. The summed E-state index contributed by atoms with van der Waals surface area (Å²) in [5, 5.41) is 10.4. The summed E-state index contributed by atoms with van der Waals surface area (Å²) in [5.41, 5.74) is 0.155. The lowest BCUT2D eigenvalue weighted by Crippen LogP contribution is -2.05. The average Bonchev–Trinajstić information content (AvgIpc) is 2.41. The quantitative estimate of drug-likeness (QED) is 0.761. The third kappa shape index (κ3) is 3.90. The fourth-order valence-electron chi connectivity index (χ4n) is 1.79. The molecule has 2 rings (SSSR count). The molecule has 0 aliphatic heterocycles. The Morgan fingerprint density at radius 2 is 1.90 bits per heavy atom. The smallest absolute Gasteiger partial charge is 0.387 e. The zero-order chi connectivity index (χ0) is 15.6. The van der Waals surface area contributed by atoms with Crippen molar-refractivity contribution in [3.05, 3.63) is 62.8 Å². The summed E-state index contributed by atoms with van der Waals surface area (Å²) in [5.74, 6) is -0.788. The van der Waals surface area contributed by atoms with Gasteiger partial charge in [0.1, 0.15) is 17.7 Å². The van der Waals surface area contributed by atoms with Gasteiger partial charge in [-0.1, -0.05) is 23.7 Å². The number of aliphatic hydroxyl groups excluding tert-OH is 1. The van der Waals surface area contributed by atoms with Crippen LogP contribution in [0.15, 0.2) is 40.9 Å². The molecule has 0 aliphatic carbocycles. The topological polar surface area (TPSA) is 29.5 Å². The molecule has 0 heterocycles. The number of alkyl halides is 2. The van der Waals surface area contributed by atoms with Crippen LogP contribution in [0.5, 0.6) is 5.75 Å². The maximum absolute atomic E-state index is 13.9. The first-order valence-corrected chi connectivity index (χ1v) is 6.93. The van der Waals surface area contributed by atoms with E-state index in [1.807, 2.05) is 0 Å². The first-order valence-electron chi connectivity index (χ1n) is 5.75. The first kappa shape index (κ1) is 16.1. The van der Waals surface area contributed by atoms with Crippen LogP contribution in [0.4, 0.5) is 13.2 Å². The second kappa shape index (κ2) is 6.68. The molecule has 0 saturated heterocycles. The second-order valence-electron chi connectivity index (χ2n) is 4.14. The minimum Gasteiger partial charge on any atom is -0.435 e. The third-order valence-electron chi connectivity index (χ3n) is 2.73. The molecule has 2 nitrogen and oxygen atoms in total. The van der Waals surface area contributed by atoms with Gasteiger partial charge in [-0.3, -0.25) is 0 Å². The van der Waals surface area contributed by atoms with Gasteiger partial charge in [0.15, 0.2) is 0 Å². The summed E-state index contributed by atoms with van der Waals surface area (Å²) in [7, 11) is 0. The molecule has 0 aromatic heterocycles. The zero-order valence-electron chi connectivity index (χ0n) is 10.4. The molecule has 0 aliphatic rings. The minimum atomic E-state index is -2.98. The minimum absolute atomic E-state index is 0.0580. The number of ether oxygens (including phenoxy) is 1. The fourth-order valence-corrected chi connectivity index (χ4v) is 2.28. The van der Waals surface area contributed by atoms with Crippen molar-refractivity contribution < 1.29 is 23.0 Å². The predicted octanol–water partition coefficient (Wildman–Crippen LogP) is 4.92. The van der Waals surface area contributed by atoms with Crippen LogP contribution in [-0.2, 0) is 0 Å². The van der Waals surface area contributed by atoms with Gasteiger partial charge in [0.2, 0.25) is 0 Å². The lowest BCUT2D eigenvalue weighted by atomic mass is 10.0. The van der Waals surface area contributed by atoms with Crippen LogP contribution in [0.25, 0.3) is 0 Å². The molecule has 0 amide bonds. The van der Waals surface area contributed by atoms with Gasteiger partial charge in [0, 0.05) is 10.0 Å². The molecule has 0 bridgehead atoms. The molecule has 1 unspecified atom stereocenters. The van der Waals surface area contributed by atoms with E-state index in [0.29, 0.717) is 4.47 Å². The first-order chi connectivity index (χ1) is 9.88. The van der Waals surface area contributed by atoms with E-state index in [2.05, 4.69) is 20.7 Å². The molecule has 21 heavy (non-hydrogen) atoms. The molecule has 0 fully saturated rings. The number of rotatable bonds is 4. The van der Waals surface area contributed by atoms with Crippen molar-refractivity contribution in [2.24, 2.45) is 0 Å². The molecule has 2 aromatic carbocycles. The molecule has 2 aromatic rings. The van der Waals surface area contributed by atoms with Crippen molar-refractivity contribution in [2.75, 3.05) is 0 Å². The molecular weight excluding hydrogens is 373 g/mol. The molecule has 0 radical (unpaired) electrons. The van der Waals surface area contributed by atoms with Gasteiger partial charge in [0.25, 0.3) is 0 Å². The molecule has 0 spiro atoms. The summed E-state index contributed by atoms with van der Waals surface area (Å²) in [6, 6.07) is 7.82. The highest BCUT2D eigenvalue weighted by Gasteiger charge is 2.18. The van der Waals surface area contributed by atoms with E-state index in [-0.39, 0.29) is 21.9 Å². The Bertz CT molecular complexity index is 652. The molecule has 1 N–H and O–H groups in total. The maximum Gasteiger partial charge on any atom is 0.387 e. The summed E-state index contributed by atoms with van der Waals surface area (Å²) in [6.07, 6.45) is -1.35. The SMILES string of the molecule is OC(c1cccc(OC(F)F)c1)c1cc(Cl)c(Br)cc1F. The summed E-state index contributed by atoms with van der Waals surface area (Å²) >= 11 is 8.94. The van der Waals surface area contributed by atoms with E-state index < -0.39 is 18.5 Å². The highest BCUT2D eigenvalue weighted by atomic mass is 79.9. The monoisotopic (exact) mass is 380 g/mol. The molecule has 112 valence electrons. The normalized spacial score (nSPS) is 12.5. The molecule has 7 heteroatoms. The molecule has 1 atom stereocenters. The van der Waals surface area contributed by atoms with E-state index in [4.69, 9.17) is 11.6 Å². The Hall–Kier alpha value is -1.24. The van der Waals surface area contributed by atoms with Gasteiger partial charge >= 0.3 is 6.61 Å². The Balaban J connectivity index is 2.36. The fraction of sp³-hybridized carbons (Fsp3) is 0.143. The second-order valence-corrected chi connectivity index (χ2v) is 5.40. The lowest BCUT2D eigenvalue weighted by molar-refractivity contribution is -0.0499. The van der Waals surface area contributed by atoms with Gasteiger partial charge in [0.05, 0.1) is 5.02 Å². The van der Waals surface area contributed by atoms with Gasteiger partial charge in [-0.25, -0.2) is 4.39 Å². The number of halogens is 5. The van der Waals surface area contributed by atoms with Gasteiger partial charge < -0.3 is 9.84 Å². The Kier molecular flexibility index (Phi) is 5.13. The van der Waals surface area contributed by atoms with Crippen LogP contribution in [0.2, 0.25) is 5.02 Å². The number of hydrogen-bond acceptors (Lipinski definition) is 2. The number of hydrogen-bond donors (Lipinski definition) is 1. The maximum atomic E-state index is 13.9. The Morgan fingerprint density at radius 3 is 2.57 bits per heavy atom. The van der Waals surface area contributed by atoms with Crippen LogP contribution >= 0.6 is 27.5 Å². The van der Waals surface area contributed by atoms with Crippen LogP contribution in [0, 0.1) is 5.82 Å². The van der Waals surface area contributed by atoms with Crippen molar-refractivity contribution in [1.29, 1.82) is 0 Å². The van der Waals surface area contributed by atoms with Gasteiger partial charge in [-0.15, -0.1) is 0 Å². The predicted molar refractivity (Wildman–Crippen MR) is 76.2 cm³/mol. The van der Waals surface area contributed by atoms with Crippen LogP contribution in [0.3, 0.4) is 0 Å². The number of benzene rings is 2. The van der Waals surface area contributed by atoms with Crippen LogP contribution in [-0.4, -0.2) is 11.7 Å². The van der Waals surface area contributed by atoms with Crippen molar-refractivity contribution in [3.8, 4) is 5.75 Å². The van der Waals surface area contributed by atoms with E-state index >= 15 is 0 Å². The van der Waals surface area contributed by atoms with Gasteiger partial charge in [-0.05, 0) is 45.8 Å². The third-order valence-corrected chi connectivity index (χ3v) is 3.93. The largest absolute Gasteiger partial charge is 0.435 e. The molecule has 0 saturated carbocycles. The summed E-state index contributed by atoms with van der Waals surface area (Å²) in [4.78, 5) is 0. The van der Waals surface area contributed by atoms with Crippen LogP contribution < -0.4 is 4.74 Å². The standard InChI is InChI=1S/C14H9BrClF3O2/c15-10-6-12(17)9(5-11(10)16)13(20)7-2-1-3-8(4-7)21-14(18)19/h1-6,13-14,20H. The average molecular weight is 382 g/mol. The van der Waals surface area contributed by atoms with Crippen molar-refractivity contribution in [1.82, 2.24) is 0 Å². The van der Waals surface area contributed by atoms with E-state index in [0.717, 1.165) is 6.07 Å².